The third-order valence-corrected chi connectivity index (χ3v) is 2.98. The molecule has 2 aromatic carbocycles. The van der Waals surface area contributed by atoms with Gasteiger partial charge in [-0.2, -0.15) is 0 Å². The van der Waals surface area contributed by atoms with Gasteiger partial charge in [-0.05, 0) is 18.2 Å². The van der Waals surface area contributed by atoms with Crippen molar-refractivity contribution in [1.82, 2.24) is 4.98 Å². The molecule has 0 saturated heterocycles. The van der Waals surface area contributed by atoms with Crippen LogP contribution in [-0.4, -0.2) is 4.98 Å². The van der Waals surface area contributed by atoms with Crippen molar-refractivity contribution in [2.75, 3.05) is 11.5 Å². The summed E-state index contributed by atoms with van der Waals surface area (Å²) in [5.74, 6) is 0. The molecular weight excluding hydrogens is 214 g/mol. The van der Waals surface area contributed by atoms with Crippen LogP contribution in [0.3, 0.4) is 0 Å². The summed E-state index contributed by atoms with van der Waals surface area (Å²) < 4.78 is 0. The third-order valence-electron chi connectivity index (χ3n) is 2.98. The SMILES string of the molecule is Nc1cc[nH]c2c1ccc1c(N)ccc(=O)c12. The number of nitrogens with two attached hydrogens (primary N) is 2. The molecule has 0 spiro atoms. The zero-order valence-electron chi connectivity index (χ0n) is 9.03. The molecule has 0 saturated carbocycles. The van der Waals surface area contributed by atoms with Crippen molar-refractivity contribution in [2.24, 2.45) is 0 Å². The van der Waals surface area contributed by atoms with E-state index in [0.29, 0.717) is 16.8 Å². The number of H-pyrrole nitrogens is 1. The fourth-order valence-corrected chi connectivity index (χ4v) is 2.13. The zero-order chi connectivity index (χ0) is 12.0. The van der Waals surface area contributed by atoms with Crippen LogP contribution in [0.1, 0.15) is 0 Å². The molecule has 0 aliphatic rings. The third kappa shape index (κ3) is 1.27. The highest BCUT2D eigenvalue weighted by atomic mass is 16.1. The summed E-state index contributed by atoms with van der Waals surface area (Å²) in [6, 6.07) is 8.58. The lowest BCUT2D eigenvalue weighted by Gasteiger charge is -2.07. The van der Waals surface area contributed by atoms with Crippen molar-refractivity contribution in [3.05, 3.63) is 46.8 Å². The van der Waals surface area contributed by atoms with Crippen molar-refractivity contribution in [3.63, 3.8) is 0 Å². The van der Waals surface area contributed by atoms with E-state index in [9.17, 15) is 4.79 Å². The first-order valence-electron chi connectivity index (χ1n) is 5.26. The molecule has 4 heteroatoms. The van der Waals surface area contributed by atoms with Crippen LogP contribution < -0.4 is 16.9 Å². The second-order valence-corrected chi connectivity index (χ2v) is 4.00. The van der Waals surface area contributed by atoms with E-state index in [0.717, 1.165) is 16.3 Å². The molecule has 17 heavy (non-hydrogen) atoms. The van der Waals surface area contributed by atoms with E-state index in [1.165, 1.54) is 6.07 Å². The smallest absolute Gasteiger partial charge is 0.188 e. The number of hydrogen-bond acceptors (Lipinski definition) is 3. The van der Waals surface area contributed by atoms with E-state index in [4.69, 9.17) is 11.5 Å². The summed E-state index contributed by atoms with van der Waals surface area (Å²) >= 11 is 0. The van der Waals surface area contributed by atoms with E-state index in [2.05, 4.69) is 4.98 Å². The highest BCUT2D eigenvalue weighted by Crippen LogP contribution is 2.27. The lowest BCUT2D eigenvalue weighted by Crippen LogP contribution is -2.03. The number of aromatic nitrogens is 1. The van der Waals surface area contributed by atoms with E-state index in [-0.39, 0.29) is 5.43 Å². The fraction of sp³-hybridized carbons (Fsp3) is 0. The van der Waals surface area contributed by atoms with Crippen LogP contribution in [-0.2, 0) is 0 Å². The Labute approximate surface area is 96.9 Å². The normalized spacial score (nSPS) is 11.1. The Morgan fingerprint density at radius 2 is 1.59 bits per heavy atom. The van der Waals surface area contributed by atoms with E-state index in [1.807, 2.05) is 12.1 Å². The van der Waals surface area contributed by atoms with Crippen LogP contribution in [0.5, 0.6) is 0 Å². The molecule has 0 aliphatic heterocycles. The summed E-state index contributed by atoms with van der Waals surface area (Å²) in [6.45, 7) is 0. The number of nitrogens with one attached hydrogen (secondary N) is 1. The first kappa shape index (κ1) is 9.72. The fourth-order valence-electron chi connectivity index (χ4n) is 2.13. The predicted octanol–water partition coefficient (Wildman–Crippen LogP) is 1.85. The van der Waals surface area contributed by atoms with Crippen LogP contribution in [0, 0.1) is 0 Å². The molecule has 3 aromatic rings. The second-order valence-electron chi connectivity index (χ2n) is 4.00. The van der Waals surface area contributed by atoms with Gasteiger partial charge in [-0.25, -0.2) is 0 Å². The Morgan fingerprint density at radius 1 is 0.882 bits per heavy atom. The van der Waals surface area contributed by atoms with Crippen LogP contribution >= 0.6 is 0 Å². The Balaban J connectivity index is 2.70. The van der Waals surface area contributed by atoms with Crippen LogP contribution in [0.25, 0.3) is 21.7 Å². The quantitative estimate of drug-likeness (QED) is 0.403. The van der Waals surface area contributed by atoms with Crippen molar-refractivity contribution >= 4 is 33.1 Å². The maximum Gasteiger partial charge on any atom is 0.188 e. The predicted molar refractivity (Wildman–Crippen MR) is 70.9 cm³/mol. The largest absolute Gasteiger partial charge is 0.398 e. The van der Waals surface area contributed by atoms with Gasteiger partial charge in [0.1, 0.15) is 0 Å². The Kier molecular flexibility index (Phi) is 1.86. The minimum absolute atomic E-state index is 0.0540. The molecule has 1 heterocycles. The van der Waals surface area contributed by atoms with Gasteiger partial charge in [-0.15, -0.1) is 0 Å². The van der Waals surface area contributed by atoms with Crippen molar-refractivity contribution in [1.29, 1.82) is 0 Å². The van der Waals surface area contributed by atoms with Crippen molar-refractivity contribution in [2.45, 2.75) is 0 Å². The molecular formula is C13H11N3O. The van der Waals surface area contributed by atoms with Gasteiger partial charge in [0.25, 0.3) is 0 Å². The molecule has 0 bridgehead atoms. The monoisotopic (exact) mass is 225 g/mol. The molecule has 4 nitrogen and oxygen atoms in total. The van der Waals surface area contributed by atoms with Gasteiger partial charge >= 0.3 is 0 Å². The van der Waals surface area contributed by atoms with Gasteiger partial charge in [0.05, 0.1) is 10.9 Å². The molecule has 84 valence electrons. The summed E-state index contributed by atoms with van der Waals surface area (Å²) in [6.07, 6.45) is 1.72. The van der Waals surface area contributed by atoms with Crippen LogP contribution in [0.2, 0.25) is 0 Å². The van der Waals surface area contributed by atoms with E-state index < -0.39 is 0 Å². The topological polar surface area (TPSA) is 84.9 Å². The van der Waals surface area contributed by atoms with Crippen molar-refractivity contribution < 1.29 is 0 Å². The maximum absolute atomic E-state index is 11.9. The summed E-state index contributed by atoms with van der Waals surface area (Å²) in [5, 5.41) is 2.18. The Hall–Kier alpha value is -2.49. The number of hydrogen-bond donors (Lipinski definition) is 3. The average Bonchev–Trinajstić information content (AvgIpc) is 2.33. The zero-order valence-corrected chi connectivity index (χ0v) is 9.03. The number of rotatable bonds is 0. The van der Waals surface area contributed by atoms with Crippen molar-refractivity contribution in [3.8, 4) is 0 Å². The molecule has 0 fully saturated rings. The highest BCUT2D eigenvalue weighted by Gasteiger charge is 2.08. The van der Waals surface area contributed by atoms with Gasteiger partial charge in [-0.1, -0.05) is 12.1 Å². The van der Waals surface area contributed by atoms with Crippen LogP contribution in [0.15, 0.2) is 41.3 Å². The number of benzene rings is 2. The van der Waals surface area contributed by atoms with E-state index >= 15 is 0 Å². The van der Waals surface area contributed by atoms with Gasteiger partial charge in [-0.3, -0.25) is 4.79 Å². The van der Waals surface area contributed by atoms with Gasteiger partial charge in [0, 0.05) is 28.3 Å². The first-order chi connectivity index (χ1) is 8.18. The summed E-state index contributed by atoms with van der Waals surface area (Å²) in [5.41, 5.74) is 13.7. The standard InChI is InChI=1S/C13H11N3O/c14-9-3-4-11(17)12-7(9)1-2-8-10(15)5-6-16-13(8)12/h1-6,16H,14-15H2. The lowest BCUT2D eigenvalue weighted by atomic mass is 10.0. The summed E-state index contributed by atoms with van der Waals surface area (Å²) in [7, 11) is 0. The molecule has 5 N–H and O–H groups in total. The molecule has 0 aliphatic carbocycles. The number of aromatic amines is 1. The number of pyridine rings is 1. The molecule has 0 radical (unpaired) electrons. The molecule has 0 amide bonds. The number of fused-ring (bicyclic) bond motifs is 3. The Morgan fingerprint density at radius 3 is 2.41 bits per heavy atom. The minimum Gasteiger partial charge on any atom is -0.398 e. The van der Waals surface area contributed by atoms with E-state index in [1.54, 1.807) is 18.3 Å². The highest BCUT2D eigenvalue weighted by molar-refractivity contribution is 6.11. The lowest BCUT2D eigenvalue weighted by molar-refractivity contribution is 1.42. The minimum atomic E-state index is -0.0540. The molecule has 1 aromatic heterocycles. The molecule has 0 atom stereocenters. The van der Waals surface area contributed by atoms with Gasteiger partial charge in [0.2, 0.25) is 0 Å². The summed E-state index contributed by atoms with van der Waals surface area (Å²) in [4.78, 5) is 15.0. The number of anilines is 2. The van der Waals surface area contributed by atoms with Gasteiger partial charge < -0.3 is 16.5 Å². The number of nitrogen functional groups attached to an aromatic ring is 2. The second kappa shape index (κ2) is 3.25. The first-order valence-corrected chi connectivity index (χ1v) is 5.26. The Bertz CT molecular complexity index is 790. The van der Waals surface area contributed by atoms with Gasteiger partial charge in [0.15, 0.2) is 5.43 Å². The average molecular weight is 225 g/mol. The molecule has 0 unspecified atom stereocenters. The van der Waals surface area contributed by atoms with Crippen LogP contribution in [0.4, 0.5) is 11.4 Å². The maximum atomic E-state index is 11.9. The molecule has 3 rings (SSSR count).